The number of rotatable bonds is 7. The highest BCUT2D eigenvalue weighted by Gasteiger charge is 2.35. The number of nitrogens with zero attached hydrogens (tertiary/aromatic N) is 3. The molecule has 0 unspecified atom stereocenters. The van der Waals surface area contributed by atoms with Crippen molar-refractivity contribution in [2.75, 3.05) is 0 Å². The van der Waals surface area contributed by atoms with Crippen LogP contribution in [0.1, 0.15) is 25.0 Å². The number of aromatic nitrogens is 3. The second-order valence-electron chi connectivity index (χ2n) is 17.4. The smallest absolute Gasteiger partial charge is 0.160 e. The quantitative estimate of drug-likeness (QED) is 0.160. The molecule has 9 aromatic carbocycles. The zero-order valence-electron chi connectivity index (χ0n) is 35.7. The van der Waals surface area contributed by atoms with Gasteiger partial charge in [0.05, 0.1) is 22.4 Å². The molecule has 11 aromatic rings. The maximum absolute atomic E-state index is 5.26. The summed E-state index contributed by atoms with van der Waals surface area (Å²) in [4.78, 5) is 10.5. The summed E-state index contributed by atoms with van der Waals surface area (Å²) in [6.07, 6.45) is 0. The molecular weight excluding hydrogens is 775 g/mol. The number of benzene rings is 9. The highest BCUT2D eigenvalue weighted by atomic mass is 15.0. The summed E-state index contributed by atoms with van der Waals surface area (Å²) in [7, 11) is 0. The van der Waals surface area contributed by atoms with E-state index in [4.69, 9.17) is 9.97 Å². The topological polar surface area (TPSA) is 30.7 Å². The van der Waals surface area contributed by atoms with E-state index in [1.165, 1.54) is 55.3 Å². The van der Waals surface area contributed by atoms with E-state index in [1.807, 2.05) is 12.1 Å². The summed E-state index contributed by atoms with van der Waals surface area (Å²) in [5.74, 6) is 0.685. The molecule has 12 rings (SSSR count). The molecule has 2 heterocycles. The molecule has 0 aliphatic heterocycles. The second-order valence-corrected chi connectivity index (χ2v) is 17.4. The van der Waals surface area contributed by atoms with E-state index in [2.05, 4.69) is 231 Å². The van der Waals surface area contributed by atoms with E-state index >= 15 is 0 Å². The van der Waals surface area contributed by atoms with Gasteiger partial charge in [0.2, 0.25) is 0 Å². The predicted octanol–water partition coefficient (Wildman–Crippen LogP) is 15.9. The summed E-state index contributed by atoms with van der Waals surface area (Å²) in [5.41, 5.74) is 20.6. The van der Waals surface area contributed by atoms with Crippen molar-refractivity contribution < 1.29 is 0 Å². The number of hydrogen-bond acceptors (Lipinski definition) is 2. The van der Waals surface area contributed by atoms with Gasteiger partial charge in [-0.3, -0.25) is 0 Å². The van der Waals surface area contributed by atoms with Crippen LogP contribution >= 0.6 is 0 Å². The summed E-state index contributed by atoms with van der Waals surface area (Å²) in [5, 5.41) is 2.36. The van der Waals surface area contributed by atoms with E-state index < -0.39 is 0 Å². The maximum Gasteiger partial charge on any atom is 0.160 e. The minimum Gasteiger partial charge on any atom is -0.309 e. The van der Waals surface area contributed by atoms with Gasteiger partial charge in [-0.1, -0.05) is 190 Å². The standard InChI is InChI=1S/C61H43N3/c1-61(2)54-26-16-15-25-50(54)51-30-27-45(37-55(51)61)44-29-32-58-53(36-44)52-31-28-46(60-62-56(42-21-11-5-12-22-42)39-57(63-60)43-23-13-6-14-24-43)38-59(52)64(58)49-34-47(40-17-7-3-8-18-40)33-48(35-49)41-19-9-4-10-20-41/h3-39H,1-2H3. The van der Waals surface area contributed by atoms with E-state index in [0.29, 0.717) is 5.82 Å². The van der Waals surface area contributed by atoms with Crippen molar-refractivity contribution in [1.82, 2.24) is 14.5 Å². The Balaban J connectivity index is 1.10. The van der Waals surface area contributed by atoms with E-state index in [0.717, 1.165) is 55.9 Å². The minimum absolute atomic E-state index is 0.0844. The van der Waals surface area contributed by atoms with Gasteiger partial charge in [-0.25, -0.2) is 9.97 Å². The number of hydrogen-bond donors (Lipinski definition) is 0. The Kier molecular flexibility index (Phi) is 8.84. The maximum atomic E-state index is 5.26. The molecular formula is C61H43N3. The van der Waals surface area contributed by atoms with Gasteiger partial charge < -0.3 is 4.57 Å². The van der Waals surface area contributed by atoms with Gasteiger partial charge in [-0.2, -0.15) is 0 Å². The van der Waals surface area contributed by atoms with Crippen LogP contribution in [0.5, 0.6) is 0 Å². The van der Waals surface area contributed by atoms with E-state index in [-0.39, 0.29) is 5.41 Å². The van der Waals surface area contributed by atoms with Crippen LogP contribution in [-0.4, -0.2) is 14.5 Å². The van der Waals surface area contributed by atoms with Crippen LogP contribution < -0.4 is 0 Å². The van der Waals surface area contributed by atoms with Crippen molar-refractivity contribution in [3.05, 3.63) is 236 Å². The first-order chi connectivity index (χ1) is 31.5. The third-order valence-electron chi connectivity index (χ3n) is 13.2. The predicted molar refractivity (Wildman–Crippen MR) is 267 cm³/mol. The SMILES string of the molecule is CC1(C)c2ccccc2-c2ccc(-c3ccc4c(c3)c3ccc(-c5nc(-c6ccccc6)cc(-c6ccccc6)n5)cc3n4-c3cc(-c4ccccc4)cc(-c4ccccc4)c3)cc21. The van der Waals surface area contributed by atoms with Crippen molar-refractivity contribution in [2.45, 2.75) is 19.3 Å². The van der Waals surface area contributed by atoms with Crippen molar-refractivity contribution in [1.29, 1.82) is 0 Å². The van der Waals surface area contributed by atoms with E-state index in [1.54, 1.807) is 0 Å². The molecule has 2 aromatic heterocycles. The molecule has 302 valence electrons. The average Bonchev–Trinajstić information content (AvgIpc) is 3.81. The molecule has 0 spiro atoms. The summed E-state index contributed by atoms with van der Waals surface area (Å²) in [6.45, 7) is 4.70. The molecule has 1 aliphatic carbocycles. The Morgan fingerprint density at radius 1 is 0.328 bits per heavy atom. The van der Waals surface area contributed by atoms with Gasteiger partial charge in [0.15, 0.2) is 5.82 Å². The van der Waals surface area contributed by atoms with Crippen molar-refractivity contribution in [3.63, 3.8) is 0 Å². The van der Waals surface area contributed by atoms with Crippen molar-refractivity contribution in [2.24, 2.45) is 0 Å². The molecule has 0 N–H and O–H groups in total. The first kappa shape index (κ1) is 37.6. The van der Waals surface area contributed by atoms with Gasteiger partial charge in [0.25, 0.3) is 0 Å². The van der Waals surface area contributed by atoms with Crippen LogP contribution in [0, 0.1) is 0 Å². The van der Waals surface area contributed by atoms with Gasteiger partial charge in [-0.05, 0) is 104 Å². The highest BCUT2D eigenvalue weighted by molar-refractivity contribution is 6.11. The lowest BCUT2D eigenvalue weighted by molar-refractivity contribution is 0.660. The lowest BCUT2D eigenvalue weighted by Gasteiger charge is -2.22. The molecule has 64 heavy (non-hydrogen) atoms. The van der Waals surface area contributed by atoms with Gasteiger partial charge in [0, 0.05) is 38.6 Å². The van der Waals surface area contributed by atoms with Crippen LogP contribution in [0.4, 0.5) is 0 Å². The van der Waals surface area contributed by atoms with Gasteiger partial charge >= 0.3 is 0 Å². The third kappa shape index (κ3) is 6.36. The normalized spacial score (nSPS) is 12.7. The molecule has 1 aliphatic rings. The minimum atomic E-state index is -0.0844. The summed E-state index contributed by atoms with van der Waals surface area (Å²) in [6, 6.07) is 81.0. The first-order valence-electron chi connectivity index (χ1n) is 22.1. The Morgan fingerprint density at radius 3 is 1.47 bits per heavy atom. The van der Waals surface area contributed by atoms with E-state index in [9.17, 15) is 0 Å². The molecule has 0 atom stereocenters. The molecule has 0 saturated heterocycles. The Hall–Kier alpha value is -8.14. The molecule has 0 fully saturated rings. The van der Waals surface area contributed by atoms with Crippen LogP contribution in [0.2, 0.25) is 0 Å². The van der Waals surface area contributed by atoms with Crippen LogP contribution in [0.15, 0.2) is 224 Å². The number of fused-ring (bicyclic) bond motifs is 6. The summed E-state index contributed by atoms with van der Waals surface area (Å²) >= 11 is 0. The monoisotopic (exact) mass is 817 g/mol. The lowest BCUT2D eigenvalue weighted by Crippen LogP contribution is -2.14. The molecule has 0 saturated carbocycles. The van der Waals surface area contributed by atoms with Crippen LogP contribution in [0.3, 0.4) is 0 Å². The highest BCUT2D eigenvalue weighted by Crippen LogP contribution is 2.50. The summed E-state index contributed by atoms with van der Waals surface area (Å²) < 4.78 is 2.44. The second kappa shape index (κ2) is 15.0. The van der Waals surface area contributed by atoms with Gasteiger partial charge in [0.1, 0.15) is 0 Å². The van der Waals surface area contributed by atoms with Crippen molar-refractivity contribution in [3.8, 4) is 84.1 Å². The largest absolute Gasteiger partial charge is 0.309 e. The third-order valence-corrected chi connectivity index (χ3v) is 13.2. The average molecular weight is 818 g/mol. The Morgan fingerprint density at radius 2 is 0.844 bits per heavy atom. The van der Waals surface area contributed by atoms with Crippen LogP contribution in [-0.2, 0) is 5.41 Å². The van der Waals surface area contributed by atoms with Crippen LogP contribution in [0.25, 0.3) is 106 Å². The fourth-order valence-corrected chi connectivity index (χ4v) is 9.93. The molecule has 0 amide bonds. The Labute approximate surface area is 373 Å². The fraction of sp³-hybridized carbons (Fsp3) is 0.0492. The lowest BCUT2D eigenvalue weighted by atomic mass is 9.81. The first-order valence-corrected chi connectivity index (χ1v) is 22.1. The molecule has 0 radical (unpaired) electrons. The van der Waals surface area contributed by atoms with Gasteiger partial charge in [-0.15, -0.1) is 0 Å². The fourth-order valence-electron chi connectivity index (χ4n) is 9.93. The Bertz CT molecular complexity index is 3440. The molecule has 0 bridgehead atoms. The molecule has 3 nitrogen and oxygen atoms in total. The zero-order valence-corrected chi connectivity index (χ0v) is 35.7. The molecule has 3 heteroatoms. The van der Waals surface area contributed by atoms with Crippen molar-refractivity contribution >= 4 is 21.8 Å². The zero-order chi connectivity index (χ0) is 42.8.